The largest absolute Gasteiger partial charge is 0.495 e. The van der Waals surface area contributed by atoms with Crippen LogP contribution in [0.1, 0.15) is 6.92 Å². The van der Waals surface area contributed by atoms with Crippen LogP contribution in [0.3, 0.4) is 0 Å². The second-order valence-electron chi connectivity index (χ2n) is 7.40. The summed E-state index contributed by atoms with van der Waals surface area (Å²) < 4.78 is 5.52. The summed E-state index contributed by atoms with van der Waals surface area (Å²) in [6, 6.07) is 8.26. The van der Waals surface area contributed by atoms with Gasteiger partial charge in [-0.25, -0.2) is 0 Å². The van der Waals surface area contributed by atoms with Gasteiger partial charge in [0.2, 0.25) is 0 Å². The van der Waals surface area contributed by atoms with Gasteiger partial charge in [0, 0.05) is 72.5 Å². The monoisotopic (exact) mass is 516 g/mol. The first kappa shape index (κ1) is 24.0. The summed E-state index contributed by atoms with van der Waals surface area (Å²) in [5, 5.41) is 3.57. The number of piperazine rings is 2. The number of para-hydroxylation sites is 2. The molecule has 3 rings (SSSR count). The predicted molar refractivity (Wildman–Crippen MR) is 132 cm³/mol. The molecule has 2 aliphatic rings. The third kappa shape index (κ3) is 6.62. The van der Waals surface area contributed by atoms with Crippen molar-refractivity contribution in [2.75, 3.05) is 91.0 Å². The number of guanidine groups is 1. The Labute approximate surface area is 193 Å². The third-order valence-electron chi connectivity index (χ3n) is 5.84. The summed E-state index contributed by atoms with van der Waals surface area (Å²) in [7, 11) is 3.62. The molecule has 2 saturated heterocycles. The lowest BCUT2D eigenvalue weighted by atomic mass is 10.2. The van der Waals surface area contributed by atoms with E-state index in [1.54, 1.807) is 7.11 Å². The fourth-order valence-electron chi connectivity index (χ4n) is 4.04. The topological polar surface area (TPSA) is 46.6 Å². The lowest BCUT2D eigenvalue weighted by Crippen LogP contribution is -2.54. The molecule has 2 heterocycles. The summed E-state index contributed by atoms with van der Waals surface area (Å²) in [6.07, 6.45) is 0. The van der Waals surface area contributed by atoms with Gasteiger partial charge in [0.05, 0.1) is 12.8 Å². The quantitative estimate of drug-likeness (QED) is 0.353. The number of aliphatic imine (C=N–C) groups is 1. The molecule has 29 heavy (non-hydrogen) atoms. The van der Waals surface area contributed by atoms with Crippen molar-refractivity contribution in [1.29, 1.82) is 0 Å². The number of ether oxygens (including phenoxy) is 1. The minimum Gasteiger partial charge on any atom is -0.495 e. The molecular weight excluding hydrogens is 479 g/mol. The van der Waals surface area contributed by atoms with Crippen molar-refractivity contribution in [2.45, 2.75) is 6.92 Å². The molecule has 0 radical (unpaired) electrons. The Hall–Kier alpha value is -1.26. The molecule has 1 aromatic rings. The maximum atomic E-state index is 5.52. The number of halogens is 1. The molecule has 2 fully saturated rings. The van der Waals surface area contributed by atoms with Crippen molar-refractivity contribution < 1.29 is 4.74 Å². The van der Waals surface area contributed by atoms with E-state index in [9.17, 15) is 0 Å². The van der Waals surface area contributed by atoms with Crippen molar-refractivity contribution in [3.8, 4) is 5.75 Å². The van der Waals surface area contributed by atoms with Crippen molar-refractivity contribution in [1.82, 2.24) is 20.0 Å². The van der Waals surface area contributed by atoms with Crippen LogP contribution in [0, 0.1) is 0 Å². The van der Waals surface area contributed by atoms with Crippen LogP contribution in [-0.4, -0.2) is 107 Å². The number of benzene rings is 1. The van der Waals surface area contributed by atoms with E-state index >= 15 is 0 Å². The minimum atomic E-state index is 0. The van der Waals surface area contributed by atoms with E-state index in [2.05, 4.69) is 49.0 Å². The minimum absolute atomic E-state index is 0. The number of anilines is 1. The fourth-order valence-corrected chi connectivity index (χ4v) is 4.04. The van der Waals surface area contributed by atoms with Gasteiger partial charge in [-0.15, -0.1) is 24.0 Å². The van der Waals surface area contributed by atoms with Crippen LogP contribution in [0.15, 0.2) is 29.3 Å². The van der Waals surface area contributed by atoms with Gasteiger partial charge >= 0.3 is 0 Å². The molecule has 0 amide bonds. The lowest BCUT2D eigenvalue weighted by molar-refractivity contribution is 0.139. The van der Waals surface area contributed by atoms with Crippen LogP contribution in [0.2, 0.25) is 0 Å². The normalized spacial score (nSPS) is 19.1. The number of nitrogens with one attached hydrogen (secondary N) is 1. The standard InChI is InChI=1S/C21H36N6O.HI/c1-4-24-11-13-25(14-12-24)10-9-23-21(22-2)27-17-15-26(16-18-27)19-7-5-6-8-20(19)28-3;/h5-8H,4,9-18H2,1-3H3,(H,22,23);1H. The lowest BCUT2D eigenvalue weighted by Gasteiger charge is -2.38. The summed E-state index contributed by atoms with van der Waals surface area (Å²) in [4.78, 5) is 14.3. The highest BCUT2D eigenvalue weighted by atomic mass is 127. The molecular formula is C21H37IN6O. The van der Waals surface area contributed by atoms with Gasteiger partial charge in [0.25, 0.3) is 0 Å². The molecule has 8 heteroatoms. The summed E-state index contributed by atoms with van der Waals surface area (Å²) in [5.74, 6) is 1.97. The molecule has 0 bridgehead atoms. The molecule has 164 valence electrons. The number of likely N-dealkylation sites (N-methyl/N-ethyl adjacent to an activating group) is 1. The predicted octanol–water partition coefficient (Wildman–Crippen LogP) is 1.65. The van der Waals surface area contributed by atoms with Gasteiger partial charge in [-0.1, -0.05) is 19.1 Å². The molecule has 0 saturated carbocycles. The molecule has 0 unspecified atom stereocenters. The van der Waals surface area contributed by atoms with Gasteiger partial charge in [0.1, 0.15) is 5.75 Å². The number of rotatable bonds is 6. The highest BCUT2D eigenvalue weighted by Gasteiger charge is 2.22. The molecule has 7 nitrogen and oxygen atoms in total. The van der Waals surface area contributed by atoms with E-state index in [1.165, 1.54) is 38.4 Å². The van der Waals surface area contributed by atoms with Gasteiger partial charge in [-0.3, -0.25) is 9.89 Å². The van der Waals surface area contributed by atoms with Crippen LogP contribution < -0.4 is 15.0 Å². The van der Waals surface area contributed by atoms with Crippen molar-refractivity contribution in [3.63, 3.8) is 0 Å². The van der Waals surface area contributed by atoms with Crippen LogP contribution >= 0.6 is 24.0 Å². The molecule has 0 aliphatic carbocycles. The maximum absolute atomic E-state index is 5.52. The zero-order chi connectivity index (χ0) is 19.8. The van der Waals surface area contributed by atoms with Crippen LogP contribution in [0.25, 0.3) is 0 Å². The van der Waals surface area contributed by atoms with Gasteiger partial charge in [-0.2, -0.15) is 0 Å². The Morgan fingerprint density at radius 3 is 2.28 bits per heavy atom. The van der Waals surface area contributed by atoms with Gasteiger partial charge < -0.3 is 24.8 Å². The van der Waals surface area contributed by atoms with E-state index in [-0.39, 0.29) is 24.0 Å². The average molecular weight is 516 g/mol. The smallest absolute Gasteiger partial charge is 0.193 e. The first-order valence-electron chi connectivity index (χ1n) is 10.5. The van der Waals surface area contributed by atoms with E-state index in [0.717, 1.165) is 51.0 Å². The molecule has 1 aromatic carbocycles. The summed E-state index contributed by atoms with van der Waals surface area (Å²) in [6.45, 7) is 14.0. The highest BCUT2D eigenvalue weighted by Crippen LogP contribution is 2.28. The number of nitrogens with zero attached hydrogens (tertiary/aromatic N) is 5. The van der Waals surface area contributed by atoms with Crippen LogP contribution in [-0.2, 0) is 0 Å². The molecule has 0 atom stereocenters. The van der Waals surface area contributed by atoms with Gasteiger partial charge in [-0.05, 0) is 18.7 Å². The summed E-state index contributed by atoms with van der Waals surface area (Å²) >= 11 is 0. The van der Waals surface area contributed by atoms with Crippen molar-refractivity contribution in [2.24, 2.45) is 4.99 Å². The van der Waals surface area contributed by atoms with Crippen LogP contribution in [0.4, 0.5) is 5.69 Å². The zero-order valence-electron chi connectivity index (χ0n) is 18.1. The van der Waals surface area contributed by atoms with Crippen LogP contribution in [0.5, 0.6) is 5.75 Å². The molecule has 0 aromatic heterocycles. The second kappa shape index (κ2) is 12.4. The Morgan fingerprint density at radius 1 is 1.00 bits per heavy atom. The molecule has 2 aliphatic heterocycles. The number of methoxy groups -OCH3 is 1. The number of hydrogen-bond acceptors (Lipinski definition) is 5. The third-order valence-corrected chi connectivity index (χ3v) is 5.84. The van der Waals surface area contributed by atoms with Crippen molar-refractivity contribution in [3.05, 3.63) is 24.3 Å². The second-order valence-corrected chi connectivity index (χ2v) is 7.40. The Balaban J connectivity index is 0.00000300. The first-order chi connectivity index (χ1) is 13.7. The Bertz CT molecular complexity index is 627. The summed E-state index contributed by atoms with van der Waals surface area (Å²) in [5.41, 5.74) is 1.18. The van der Waals surface area contributed by atoms with Gasteiger partial charge in [0.15, 0.2) is 5.96 Å². The van der Waals surface area contributed by atoms with E-state index in [4.69, 9.17) is 4.74 Å². The van der Waals surface area contributed by atoms with E-state index in [1.807, 2.05) is 19.2 Å². The highest BCUT2D eigenvalue weighted by molar-refractivity contribution is 14.0. The fraction of sp³-hybridized carbons (Fsp3) is 0.667. The molecule has 1 N–H and O–H groups in total. The first-order valence-corrected chi connectivity index (χ1v) is 10.5. The zero-order valence-corrected chi connectivity index (χ0v) is 20.5. The number of hydrogen-bond donors (Lipinski definition) is 1. The SMILES string of the molecule is CCN1CCN(CCNC(=NC)N2CCN(c3ccccc3OC)CC2)CC1.I. The average Bonchev–Trinajstić information content (AvgIpc) is 2.77. The van der Waals surface area contributed by atoms with E-state index in [0.29, 0.717) is 0 Å². The Morgan fingerprint density at radius 2 is 1.66 bits per heavy atom. The molecule has 0 spiro atoms. The van der Waals surface area contributed by atoms with Crippen molar-refractivity contribution >= 4 is 35.6 Å². The van der Waals surface area contributed by atoms with E-state index < -0.39 is 0 Å². The maximum Gasteiger partial charge on any atom is 0.193 e. The Kier molecular flexibility index (Phi) is 10.3.